The Morgan fingerprint density at radius 1 is 1.33 bits per heavy atom. The molecule has 2 fully saturated rings. The molecule has 1 saturated heterocycles. The standard InChI is InChI=1S/C12H20N4O2/c1-12(2,3)18-11(17)16-6-8-4-10(14-15-13)5-9(8)7-16/h8-10H,4-7H2,1-3H3/t8-,9+,10+. The monoisotopic (exact) mass is 252 g/mol. The zero-order valence-corrected chi connectivity index (χ0v) is 11.2. The van der Waals surface area contributed by atoms with Crippen LogP contribution in [-0.2, 0) is 4.74 Å². The molecule has 6 heteroatoms. The van der Waals surface area contributed by atoms with Gasteiger partial charge in [-0.3, -0.25) is 0 Å². The van der Waals surface area contributed by atoms with Crippen LogP contribution in [0.4, 0.5) is 4.79 Å². The zero-order chi connectivity index (χ0) is 13.3. The summed E-state index contributed by atoms with van der Waals surface area (Å²) in [5, 5.41) is 3.78. The molecule has 0 N–H and O–H groups in total. The van der Waals surface area contributed by atoms with Crippen molar-refractivity contribution in [3.8, 4) is 0 Å². The van der Waals surface area contributed by atoms with Gasteiger partial charge in [0.2, 0.25) is 0 Å². The highest BCUT2D eigenvalue weighted by molar-refractivity contribution is 5.68. The van der Waals surface area contributed by atoms with Crippen LogP contribution in [0.2, 0.25) is 0 Å². The van der Waals surface area contributed by atoms with E-state index in [1.165, 1.54) is 0 Å². The minimum Gasteiger partial charge on any atom is -0.444 e. The van der Waals surface area contributed by atoms with E-state index in [9.17, 15) is 4.79 Å². The number of hydrogen-bond acceptors (Lipinski definition) is 3. The minimum absolute atomic E-state index is 0.116. The van der Waals surface area contributed by atoms with Gasteiger partial charge in [0.25, 0.3) is 0 Å². The average Bonchev–Trinajstić information content (AvgIpc) is 2.72. The van der Waals surface area contributed by atoms with Crippen LogP contribution >= 0.6 is 0 Å². The third-order valence-corrected chi connectivity index (χ3v) is 3.59. The number of fused-ring (bicyclic) bond motifs is 1. The number of amides is 1. The van der Waals surface area contributed by atoms with Crippen LogP contribution in [0.1, 0.15) is 33.6 Å². The summed E-state index contributed by atoms with van der Waals surface area (Å²) < 4.78 is 5.37. The van der Waals surface area contributed by atoms with Crippen LogP contribution < -0.4 is 0 Å². The number of carbonyl (C=O) groups is 1. The van der Waals surface area contributed by atoms with Crippen molar-refractivity contribution in [2.24, 2.45) is 17.0 Å². The molecule has 6 nitrogen and oxygen atoms in total. The molecule has 18 heavy (non-hydrogen) atoms. The van der Waals surface area contributed by atoms with Crippen molar-refractivity contribution in [3.05, 3.63) is 10.4 Å². The van der Waals surface area contributed by atoms with Gasteiger partial charge in [0, 0.05) is 24.0 Å². The highest BCUT2D eigenvalue weighted by Gasteiger charge is 2.42. The third kappa shape index (κ3) is 2.88. The van der Waals surface area contributed by atoms with E-state index in [4.69, 9.17) is 10.3 Å². The fourth-order valence-corrected chi connectivity index (χ4v) is 2.91. The second kappa shape index (κ2) is 4.69. The van der Waals surface area contributed by atoms with E-state index >= 15 is 0 Å². The molecule has 0 aromatic heterocycles. The largest absolute Gasteiger partial charge is 0.444 e. The quantitative estimate of drug-likeness (QED) is 0.408. The Kier molecular flexibility index (Phi) is 3.39. The van der Waals surface area contributed by atoms with E-state index in [2.05, 4.69) is 10.0 Å². The van der Waals surface area contributed by atoms with Gasteiger partial charge in [-0.2, -0.15) is 0 Å². The summed E-state index contributed by atoms with van der Waals surface area (Å²) in [4.78, 5) is 16.6. The van der Waals surface area contributed by atoms with Crippen molar-refractivity contribution >= 4 is 6.09 Å². The number of hydrogen-bond donors (Lipinski definition) is 0. The second-order valence-electron chi connectivity index (χ2n) is 6.24. The zero-order valence-electron chi connectivity index (χ0n) is 11.2. The van der Waals surface area contributed by atoms with E-state index in [1.54, 1.807) is 4.90 Å². The predicted octanol–water partition coefficient (Wildman–Crippen LogP) is 2.94. The van der Waals surface area contributed by atoms with Gasteiger partial charge in [-0.25, -0.2) is 4.79 Å². The van der Waals surface area contributed by atoms with Crippen LogP contribution in [0.3, 0.4) is 0 Å². The first-order valence-corrected chi connectivity index (χ1v) is 6.41. The van der Waals surface area contributed by atoms with Gasteiger partial charge < -0.3 is 9.64 Å². The summed E-state index contributed by atoms with van der Waals surface area (Å²) in [5.74, 6) is 0.932. The van der Waals surface area contributed by atoms with Crippen LogP contribution in [0, 0.1) is 11.8 Å². The van der Waals surface area contributed by atoms with Crippen molar-refractivity contribution in [1.29, 1.82) is 0 Å². The molecule has 2 aliphatic rings. The number of nitrogens with zero attached hydrogens (tertiary/aromatic N) is 4. The maximum absolute atomic E-state index is 11.9. The van der Waals surface area contributed by atoms with Crippen molar-refractivity contribution in [2.75, 3.05) is 13.1 Å². The lowest BCUT2D eigenvalue weighted by Crippen LogP contribution is -2.36. The second-order valence-corrected chi connectivity index (χ2v) is 6.24. The SMILES string of the molecule is CC(C)(C)OC(=O)N1C[C@H]2C[C@H](N=[N+]=[N-])C[C@H]2C1. The van der Waals surface area contributed by atoms with Crippen LogP contribution in [0.25, 0.3) is 10.4 Å². The first-order valence-electron chi connectivity index (χ1n) is 6.41. The van der Waals surface area contributed by atoms with Gasteiger partial charge >= 0.3 is 6.09 Å². The normalized spacial score (nSPS) is 30.8. The Morgan fingerprint density at radius 3 is 2.33 bits per heavy atom. The molecule has 1 heterocycles. The molecule has 1 aliphatic heterocycles. The Balaban J connectivity index is 1.88. The molecule has 0 spiro atoms. The predicted molar refractivity (Wildman–Crippen MR) is 67.0 cm³/mol. The first-order chi connectivity index (χ1) is 8.39. The first kappa shape index (κ1) is 13.0. The van der Waals surface area contributed by atoms with Crippen LogP contribution in [0.15, 0.2) is 5.11 Å². The van der Waals surface area contributed by atoms with Crippen LogP contribution in [-0.4, -0.2) is 35.7 Å². The number of ether oxygens (including phenoxy) is 1. The maximum Gasteiger partial charge on any atom is 0.410 e. The summed E-state index contributed by atoms with van der Waals surface area (Å²) in [6, 6.07) is 0.116. The highest BCUT2D eigenvalue weighted by Crippen LogP contribution is 2.39. The summed E-state index contributed by atoms with van der Waals surface area (Å²) >= 11 is 0. The Morgan fingerprint density at radius 2 is 1.89 bits per heavy atom. The van der Waals surface area contributed by atoms with Crippen molar-refractivity contribution in [3.63, 3.8) is 0 Å². The molecule has 1 aliphatic carbocycles. The van der Waals surface area contributed by atoms with Gasteiger partial charge in [-0.05, 0) is 51.0 Å². The van der Waals surface area contributed by atoms with E-state index in [0.717, 1.165) is 25.9 Å². The molecule has 0 bridgehead atoms. The lowest BCUT2D eigenvalue weighted by atomic mass is 10.0. The average molecular weight is 252 g/mol. The molecule has 100 valence electrons. The van der Waals surface area contributed by atoms with E-state index in [0.29, 0.717) is 11.8 Å². The smallest absolute Gasteiger partial charge is 0.410 e. The molecule has 3 atom stereocenters. The fraction of sp³-hybridized carbons (Fsp3) is 0.917. The molecule has 0 radical (unpaired) electrons. The summed E-state index contributed by atoms with van der Waals surface area (Å²) in [6.07, 6.45) is 1.57. The van der Waals surface area contributed by atoms with E-state index in [1.807, 2.05) is 20.8 Å². The van der Waals surface area contributed by atoms with Gasteiger partial charge in [-0.1, -0.05) is 5.11 Å². The molecule has 0 aromatic carbocycles. The Bertz CT molecular complexity index is 370. The molecule has 2 rings (SSSR count). The van der Waals surface area contributed by atoms with E-state index < -0.39 is 5.60 Å². The van der Waals surface area contributed by atoms with Gasteiger partial charge in [0.05, 0.1) is 0 Å². The fourth-order valence-electron chi connectivity index (χ4n) is 2.91. The maximum atomic E-state index is 11.9. The van der Waals surface area contributed by atoms with Gasteiger partial charge in [-0.15, -0.1) is 0 Å². The van der Waals surface area contributed by atoms with Crippen molar-refractivity contribution in [1.82, 2.24) is 4.90 Å². The Hall–Kier alpha value is -1.42. The van der Waals surface area contributed by atoms with Gasteiger partial charge in [0.15, 0.2) is 0 Å². The Labute approximate surface area is 107 Å². The van der Waals surface area contributed by atoms with Crippen LogP contribution in [0.5, 0.6) is 0 Å². The summed E-state index contributed by atoms with van der Waals surface area (Å²) in [7, 11) is 0. The number of likely N-dealkylation sites (tertiary alicyclic amines) is 1. The number of carbonyl (C=O) groups excluding carboxylic acids is 1. The molecular formula is C12H20N4O2. The van der Waals surface area contributed by atoms with E-state index in [-0.39, 0.29) is 12.1 Å². The molecule has 0 unspecified atom stereocenters. The third-order valence-electron chi connectivity index (χ3n) is 3.59. The van der Waals surface area contributed by atoms with Gasteiger partial charge in [0.1, 0.15) is 5.60 Å². The summed E-state index contributed by atoms with van der Waals surface area (Å²) in [5.41, 5.74) is 7.99. The molecular weight excluding hydrogens is 232 g/mol. The van der Waals surface area contributed by atoms with Crippen molar-refractivity contribution in [2.45, 2.75) is 45.3 Å². The number of rotatable bonds is 1. The summed E-state index contributed by atoms with van der Waals surface area (Å²) in [6.45, 7) is 7.09. The lowest BCUT2D eigenvalue weighted by molar-refractivity contribution is 0.0279. The molecule has 0 aromatic rings. The van der Waals surface area contributed by atoms with Crippen molar-refractivity contribution < 1.29 is 9.53 Å². The number of azide groups is 1. The minimum atomic E-state index is -0.442. The topological polar surface area (TPSA) is 78.3 Å². The molecule has 1 saturated carbocycles. The molecule has 1 amide bonds. The lowest BCUT2D eigenvalue weighted by Gasteiger charge is -2.25. The highest BCUT2D eigenvalue weighted by atomic mass is 16.6.